The van der Waals surface area contributed by atoms with Crippen LogP contribution in [0.1, 0.15) is 44.7 Å². The Bertz CT molecular complexity index is 359. The van der Waals surface area contributed by atoms with Gasteiger partial charge >= 0.3 is 0 Å². The molecule has 1 aliphatic carbocycles. The minimum atomic E-state index is 0.489. The fraction of sp³-hybridized carbons (Fsp3) is 0.647. The fourth-order valence-corrected chi connectivity index (χ4v) is 2.78. The molecule has 1 fully saturated rings. The van der Waals surface area contributed by atoms with Crippen LogP contribution < -0.4 is 5.32 Å². The van der Waals surface area contributed by atoms with Crippen LogP contribution in [0.4, 0.5) is 0 Å². The third-order valence-corrected chi connectivity index (χ3v) is 4.39. The van der Waals surface area contributed by atoms with Gasteiger partial charge < -0.3 is 5.32 Å². The van der Waals surface area contributed by atoms with Crippen LogP contribution in [-0.4, -0.2) is 31.1 Å². The molecule has 0 bridgehead atoms. The molecule has 2 heteroatoms. The average molecular weight is 260 g/mol. The first kappa shape index (κ1) is 14.5. The first-order valence-electron chi connectivity index (χ1n) is 7.71. The highest BCUT2D eigenvalue weighted by Crippen LogP contribution is 2.37. The van der Waals surface area contributed by atoms with Gasteiger partial charge in [-0.15, -0.1) is 0 Å². The molecule has 1 aromatic carbocycles. The maximum atomic E-state index is 3.59. The second kappa shape index (κ2) is 7.06. The van der Waals surface area contributed by atoms with Crippen LogP contribution >= 0.6 is 0 Å². The highest BCUT2D eigenvalue weighted by Gasteiger charge is 2.33. The SMILES string of the molecule is CCCNCC(c1ccccc1)N(C)C(C)C1CC1. The number of nitrogens with one attached hydrogen (secondary N) is 1. The zero-order valence-corrected chi connectivity index (χ0v) is 12.6. The Balaban J connectivity index is 2.04. The van der Waals surface area contributed by atoms with Crippen molar-refractivity contribution in [2.45, 2.75) is 45.2 Å². The number of rotatable bonds is 8. The van der Waals surface area contributed by atoms with E-state index in [0.29, 0.717) is 12.1 Å². The highest BCUT2D eigenvalue weighted by molar-refractivity contribution is 5.19. The van der Waals surface area contributed by atoms with Gasteiger partial charge in [0.15, 0.2) is 0 Å². The van der Waals surface area contributed by atoms with Crippen LogP contribution in [0.25, 0.3) is 0 Å². The molecule has 2 nitrogen and oxygen atoms in total. The Morgan fingerprint density at radius 1 is 1.26 bits per heavy atom. The molecule has 2 unspecified atom stereocenters. The summed E-state index contributed by atoms with van der Waals surface area (Å²) in [5.74, 6) is 0.919. The van der Waals surface area contributed by atoms with Gasteiger partial charge in [-0.2, -0.15) is 0 Å². The van der Waals surface area contributed by atoms with E-state index in [0.717, 1.165) is 19.0 Å². The third kappa shape index (κ3) is 4.05. The summed E-state index contributed by atoms with van der Waals surface area (Å²) >= 11 is 0. The minimum absolute atomic E-state index is 0.489. The molecule has 0 aliphatic heterocycles. The average Bonchev–Trinajstić information content (AvgIpc) is 3.28. The van der Waals surface area contributed by atoms with E-state index in [9.17, 15) is 0 Å². The lowest BCUT2D eigenvalue weighted by molar-refractivity contribution is 0.164. The molecule has 0 aromatic heterocycles. The van der Waals surface area contributed by atoms with Gasteiger partial charge in [0.25, 0.3) is 0 Å². The number of likely N-dealkylation sites (N-methyl/N-ethyl adjacent to an activating group) is 1. The van der Waals surface area contributed by atoms with E-state index in [4.69, 9.17) is 0 Å². The maximum absolute atomic E-state index is 3.59. The zero-order chi connectivity index (χ0) is 13.7. The largest absolute Gasteiger partial charge is 0.315 e. The molecular formula is C17H28N2. The monoisotopic (exact) mass is 260 g/mol. The summed E-state index contributed by atoms with van der Waals surface area (Å²) in [5.41, 5.74) is 1.43. The minimum Gasteiger partial charge on any atom is -0.315 e. The number of hydrogen-bond donors (Lipinski definition) is 1. The standard InChI is InChI=1S/C17H28N2/c1-4-12-18-13-17(16-8-6-5-7-9-16)19(3)14(2)15-10-11-15/h5-9,14-15,17-18H,4,10-13H2,1-3H3. The Morgan fingerprint density at radius 3 is 2.53 bits per heavy atom. The van der Waals surface area contributed by atoms with E-state index < -0.39 is 0 Å². The van der Waals surface area contributed by atoms with Crippen LogP contribution in [0, 0.1) is 5.92 Å². The molecule has 0 radical (unpaired) electrons. The van der Waals surface area contributed by atoms with Gasteiger partial charge in [-0.25, -0.2) is 0 Å². The van der Waals surface area contributed by atoms with Gasteiger partial charge in [-0.3, -0.25) is 4.90 Å². The van der Waals surface area contributed by atoms with Crippen molar-refractivity contribution < 1.29 is 0 Å². The maximum Gasteiger partial charge on any atom is 0.0472 e. The van der Waals surface area contributed by atoms with E-state index in [1.165, 1.54) is 24.8 Å². The predicted molar refractivity (Wildman–Crippen MR) is 82.3 cm³/mol. The Kier molecular flexibility index (Phi) is 5.41. The Hall–Kier alpha value is -0.860. The lowest BCUT2D eigenvalue weighted by atomic mass is 10.0. The lowest BCUT2D eigenvalue weighted by Gasteiger charge is -2.34. The quantitative estimate of drug-likeness (QED) is 0.720. The molecule has 1 aliphatic rings. The Labute approximate surface area is 118 Å². The van der Waals surface area contributed by atoms with Crippen LogP contribution in [0.15, 0.2) is 30.3 Å². The topological polar surface area (TPSA) is 15.3 Å². The van der Waals surface area contributed by atoms with Crippen molar-refractivity contribution in [1.82, 2.24) is 10.2 Å². The molecule has 19 heavy (non-hydrogen) atoms. The van der Waals surface area contributed by atoms with Crippen molar-refractivity contribution in [3.8, 4) is 0 Å². The van der Waals surface area contributed by atoms with Gasteiger partial charge in [-0.1, -0.05) is 37.3 Å². The van der Waals surface area contributed by atoms with E-state index >= 15 is 0 Å². The summed E-state index contributed by atoms with van der Waals surface area (Å²) in [6.45, 7) is 6.76. The normalized spacial score (nSPS) is 18.5. The Morgan fingerprint density at radius 2 is 1.95 bits per heavy atom. The number of benzene rings is 1. The zero-order valence-electron chi connectivity index (χ0n) is 12.6. The van der Waals surface area contributed by atoms with Crippen molar-refractivity contribution in [2.75, 3.05) is 20.1 Å². The van der Waals surface area contributed by atoms with Crippen molar-refractivity contribution in [2.24, 2.45) is 5.92 Å². The fourth-order valence-electron chi connectivity index (χ4n) is 2.78. The van der Waals surface area contributed by atoms with Gasteiger partial charge in [0.05, 0.1) is 0 Å². The summed E-state index contributed by atoms with van der Waals surface area (Å²) in [5, 5.41) is 3.59. The molecule has 2 atom stereocenters. The van der Waals surface area contributed by atoms with Crippen molar-refractivity contribution >= 4 is 0 Å². The molecule has 1 saturated carbocycles. The van der Waals surface area contributed by atoms with Crippen molar-refractivity contribution in [3.05, 3.63) is 35.9 Å². The number of hydrogen-bond acceptors (Lipinski definition) is 2. The van der Waals surface area contributed by atoms with Crippen LogP contribution in [-0.2, 0) is 0 Å². The van der Waals surface area contributed by atoms with Gasteiger partial charge in [0.1, 0.15) is 0 Å². The number of nitrogens with zero attached hydrogens (tertiary/aromatic N) is 1. The predicted octanol–water partition coefficient (Wildman–Crippen LogP) is 3.46. The lowest BCUT2D eigenvalue weighted by Crippen LogP contribution is -2.39. The van der Waals surface area contributed by atoms with Crippen LogP contribution in [0.2, 0.25) is 0 Å². The molecule has 1 N–H and O–H groups in total. The first-order chi connectivity index (χ1) is 9.24. The van der Waals surface area contributed by atoms with Crippen LogP contribution in [0.3, 0.4) is 0 Å². The molecule has 0 spiro atoms. The first-order valence-corrected chi connectivity index (χ1v) is 7.71. The summed E-state index contributed by atoms with van der Waals surface area (Å²) in [4.78, 5) is 2.57. The smallest absolute Gasteiger partial charge is 0.0472 e. The summed E-state index contributed by atoms with van der Waals surface area (Å²) in [7, 11) is 2.29. The van der Waals surface area contributed by atoms with Crippen LogP contribution in [0.5, 0.6) is 0 Å². The summed E-state index contributed by atoms with van der Waals surface area (Å²) < 4.78 is 0. The molecular weight excluding hydrogens is 232 g/mol. The third-order valence-electron chi connectivity index (χ3n) is 4.39. The van der Waals surface area contributed by atoms with Gasteiger partial charge in [-0.05, 0) is 51.3 Å². The second-order valence-electron chi connectivity index (χ2n) is 5.87. The molecule has 106 valence electrons. The van der Waals surface area contributed by atoms with Gasteiger partial charge in [0.2, 0.25) is 0 Å². The van der Waals surface area contributed by atoms with E-state index in [1.807, 2.05) is 0 Å². The molecule has 2 rings (SSSR count). The second-order valence-corrected chi connectivity index (χ2v) is 5.87. The van der Waals surface area contributed by atoms with E-state index in [-0.39, 0.29) is 0 Å². The highest BCUT2D eigenvalue weighted by atomic mass is 15.2. The van der Waals surface area contributed by atoms with Crippen molar-refractivity contribution in [1.29, 1.82) is 0 Å². The summed E-state index contributed by atoms with van der Waals surface area (Å²) in [6.07, 6.45) is 4.02. The van der Waals surface area contributed by atoms with Crippen molar-refractivity contribution in [3.63, 3.8) is 0 Å². The molecule has 1 aromatic rings. The van der Waals surface area contributed by atoms with Gasteiger partial charge in [0, 0.05) is 18.6 Å². The molecule has 0 amide bonds. The van der Waals surface area contributed by atoms with E-state index in [1.54, 1.807) is 0 Å². The summed E-state index contributed by atoms with van der Waals surface area (Å²) in [6, 6.07) is 12.1. The molecule has 0 saturated heterocycles. The van der Waals surface area contributed by atoms with E-state index in [2.05, 4.69) is 61.4 Å². The molecule has 0 heterocycles.